The third kappa shape index (κ3) is 6.79. The van der Waals surface area contributed by atoms with Crippen LogP contribution < -0.4 is 0 Å². The predicted octanol–water partition coefficient (Wildman–Crippen LogP) is 2.20. The Morgan fingerprint density at radius 1 is 1.16 bits per heavy atom. The lowest BCUT2D eigenvalue weighted by Crippen LogP contribution is -2.56. The largest absolute Gasteiger partial charge is 0.379 e. The van der Waals surface area contributed by atoms with E-state index in [0.29, 0.717) is 6.61 Å². The van der Waals surface area contributed by atoms with E-state index in [0.717, 1.165) is 32.7 Å². The lowest BCUT2D eigenvalue weighted by Gasteiger charge is -2.48. The minimum atomic E-state index is -3.29. The smallest absolute Gasteiger partial charge is 0.211 e. The van der Waals surface area contributed by atoms with Crippen LogP contribution in [-0.2, 0) is 19.5 Å². The molecular formula is C18H38N2O4S. The number of nitrogens with zero attached hydrogens (tertiary/aromatic N) is 2. The standard InChI is InChI=1S/C18H38N2O4S/c1-15(2)24-13-16(19(7)25(8,21)22)17(3,4)14-18(5,6)20-9-11-23-12-10-20/h15-16H,9-14H2,1-8H3. The van der Waals surface area contributed by atoms with Crippen molar-refractivity contribution in [3.63, 3.8) is 0 Å². The number of likely N-dealkylation sites (N-methyl/N-ethyl adjacent to an activating group) is 1. The van der Waals surface area contributed by atoms with Gasteiger partial charge in [-0.2, -0.15) is 4.31 Å². The van der Waals surface area contributed by atoms with E-state index in [1.807, 2.05) is 13.8 Å². The Kier molecular flexibility index (Phi) is 7.90. The molecule has 0 N–H and O–H groups in total. The Hall–Kier alpha value is -0.210. The van der Waals surface area contributed by atoms with E-state index in [9.17, 15) is 8.42 Å². The van der Waals surface area contributed by atoms with Crippen LogP contribution in [0.15, 0.2) is 0 Å². The average Bonchev–Trinajstić information content (AvgIpc) is 2.45. The fourth-order valence-electron chi connectivity index (χ4n) is 3.85. The summed E-state index contributed by atoms with van der Waals surface area (Å²) >= 11 is 0. The molecule has 0 aliphatic carbocycles. The van der Waals surface area contributed by atoms with Crippen LogP contribution in [0.4, 0.5) is 0 Å². The summed E-state index contributed by atoms with van der Waals surface area (Å²) in [7, 11) is -1.63. The van der Waals surface area contributed by atoms with E-state index in [1.165, 1.54) is 10.6 Å². The van der Waals surface area contributed by atoms with Gasteiger partial charge < -0.3 is 9.47 Å². The summed E-state index contributed by atoms with van der Waals surface area (Å²) in [6.45, 7) is 16.5. The second-order valence-corrected chi connectivity index (χ2v) is 10.8. The lowest BCUT2D eigenvalue weighted by molar-refractivity contribution is -0.0433. The summed E-state index contributed by atoms with van der Waals surface area (Å²) in [6.07, 6.45) is 2.20. The highest BCUT2D eigenvalue weighted by Gasteiger charge is 2.42. The highest BCUT2D eigenvalue weighted by atomic mass is 32.2. The van der Waals surface area contributed by atoms with Gasteiger partial charge in [0.2, 0.25) is 10.0 Å². The number of ether oxygens (including phenoxy) is 2. The fourth-order valence-corrected chi connectivity index (χ4v) is 4.66. The first-order chi connectivity index (χ1) is 11.3. The van der Waals surface area contributed by atoms with E-state index in [-0.39, 0.29) is 23.1 Å². The quantitative estimate of drug-likeness (QED) is 0.616. The van der Waals surface area contributed by atoms with Crippen molar-refractivity contribution in [1.82, 2.24) is 9.21 Å². The van der Waals surface area contributed by atoms with Crippen LogP contribution in [-0.4, -0.2) is 81.5 Å². The van der Waals surface area contributed by atoms with Crippen molar-refractivity contribution in [3.8, 4) is 0 Å². The molecule has 0 saturated carbocycles. The number of hydrogen-bond acceptors (Lipinski definition) is 5. The van der Waals surface area contributed by atoms with Crippen LogP contribution in [0.1, 0.15) is 48.0 Å². The van der Waals surface area contributed by atoms with Gasteiger partial charge in [-0.1, -0.05) is 13.8 Å². The molecule has 0 radical (unpaired) electrons. The first-order valence-corrected chi connectivity index (χ1v) is 11.0. The highest BCUT2D eigenvalue weighted by molar-refractivity contribution is 7.88. The first kappa shape index (κ1) is 22.8. The lowest BCUT2D eigenvalue weighted by atomic mass is 9.74. The second kappa shape index (κ2) is 8.65. The second-order valence-electron chi connectivity index (χ2n) is 8.75. The van der Waals surface area contributed by atoms with Gasteiger partial charge in [0.05, 0.1) is 38.2 Å². The molecule has 1 fully saturated rings. The molecule has 1 saturated heterocycles. The van der Waals surface area contributed by atoms with Crippen LogP contribution in [0, 0.1) is 5.41 Å². The summed E-state index contributed by atoms with van der Waals surface area (Å²) in [6, 6.07) is -0.217. The van der Waals surface area contributed by atoms with Crippen molar-refractivity contribution in [3.05, 3.63) is 0 Å². The third-order valence-electron chi connectivity index (χ3n) is 5.21. The topological polar surface area (TPSA) is 59.1 Å². The van der Waals surface area contributed by atoms with E-state index in [2.05, 4.69) is 32.6 Å². The van der Waals surface area contributed by atoms with Gasteiger partial charge in [0.1, 0.15) is 0 Å². The molecule has 0 aromatic carbocycles. The van der Waals surface area contributed by atoms with Crippen molar-refractivity contribution >= 4 is 10.0 Å². The van der Waals surface area contributed by atoms with Crippen molar-refractivity contribution in [2.24, 2.45) is 5.41 Å². The summed E-state index contributed by atoms with van der Waals surface area (Å²) in [5.74, 6) is 0. The molecule has 0 spiro atoms. The summed E-state index contributed by atoms with van der Waals surface area (Å²) in [5.41, 5.74) is -0.282. The maximum Gasteiger partial charge on any atom is 0.211 e. The van der Waals surface area contributed by atoms with Gasteiger partial charge in [0.25, 0.3) is 0 Å². The number of morpholine rings is 1. The van der Waals surface area contributed by atoms with Crippen molar-refractivity contribution in [2.75, 3.05) is 46.2 Å². The van der Waals surface area contributed by atoms with Crippen molar-refractivity contribution < 1.29 is 17.9 Å². The molecule has 7 heteroatoms. The number of sulfonamides is 1. The van der Waals surface area contributed by atoms with E-state index in [4.69, 9.17) is 9.47 Å². The number of rotatable bonds is 9. The molecule has 150 valence electrons. The average molecular weight is 379 g/mol. The van der Waals surface area contributed by atoms with Crippen LogP contribution in [0.5, 0.6) is 0 Å². The molecule has 1 atom stereocenters. The third-order valence-corrected chi connectivity index (χ3v) is 6.51. The Bertz CT molecular complexity index is 511. The Morgan fingerprint density at radius 2 is 1.68 bits per heavy atom. The molecule has 6 nitrogen and oxygen atoms in total. The minimum absolute atomic E-state index is 0.0400. The summed E-state index contributed by atoms with van der Waals surface area (Å²) in [4.78, 5) is 2.44. The fraction of sp³-hybridized carbons (Fsp3) is 1.00. The van der Waals surface area contributed by atoms with E-state index < -0.39 is 10.0 Å². The monoisotopic (exact) mass is 378 g/mol. The molecule has 1 aliphatic rings. The molecule has 0 amide bonds. The molecule has 0 aromatic heterocycles. The van der Waals surface area contributed by atoms with Gasteiger partial charge in [-0.05, 0) is 39.5 Å². The Morgan fingerprint density at radius 3 is 2.12 bits per heavy atom. The van der Waals surface area contributed by atoms with E-state index in [1.54, 1.807) is 7.05 Å². The maximum absolute atomic E-state index is 12.2. The zero-order chi connectivity index (χ0) is 19.5. The molecule has 0 aromatic rings. The van der Waals surface area contributed by atoms with Gasteiger partial charge in [-0.15, -0.1) is 0 Å². The van der Waals surface area contributed by atoms with Gasteiger partial charge in [-0.25, -0.2) is 8.42 Å². The summed E-state index contributed by atoms with van der Waals surface area (Å²) < 4.78 is 37.1. The molecule has 0 bridgehead atoms. The molecule has 1 rings (SSSR count). The normalized spacial score (nSPS) is 19.6. The van der Waals surface area contributed by atoms with Crippen molar-refractivity contribution in [1.29, 1.82) is 0 Å². The molecule has 25 heavy (non-hydrogen) atoms. The van der Waals surface area contributed by atoms with E-state index >= 15 is 0 Å². The molecule has 1 heterocycles. The van der Waals surface area contributed by atoms with Crippen LogP contribution in [0.3, 0.4) is 0 Å². The Balaban J connectivity index is 2.99. The van der Waals surface area contributed by atoms with Crippen LogP contribution in [0.2, 0.25) is 0 Å². The number of hydrogen-bond donors (Lipinski definition) is 0. The zero-order valence-electron chi connectivity index (χ0n) is 17.3. The Labute approximate surface area is 154 Å². The summed E-state index contributed by atoms with van der Waals surface area (Å²) in [5, 5.41) is 0. The van der Waals surface area contributed by atoms with Gasteiger partial charge >= 0.3 is 0 Å². The van der Waals surface area contributed by atoms with Crippen LogP contribution in [0.25, 0.3) is 0 Å². The van der Waals surface area contributed by atoms with Gasteiger partial charge in [0.15, 0.2) is 0 Å². The van der Waals surface area contributed by atoms with Gasteiger partial charge in [0, 0.05) is 25.7 Å². The van der Waals surface area contributed by atoms with Crippen LogP contribution >= 0.6 is 0 Å². The predicted molar refractivity (Wildman–Crippen MR) is 102 cm³/mol. The van der Waals surface area contributed by atoms with Crippen molar-refractivity contribution in [2.45, 2.75) is 65.6 Å². The van der Waals surface area contributed by atoms with Gasteiger partial charge in [-0.3, -0.25) is 4.90 Å². The SMILES string of the molecule is CC(C)OCC(N(C)S(C)(=O)=O)C(C)(C)CC(C)(C)N1CCOCC1. The first-order valence-electron chi connectivity index (χ1n) is 9.15. The zero-order valence-corrected chi connectivity index (χ0v) is 18.1. The highest BCUT2D eigenvalue weighted by Crippen LogP contribution is 2.37. The maximum atomic E-state index is 12.2. The molecular weight excluding hydrogens is 340 g/mol. The minimum Gasteiger partial charge on any atom is -0.379 e. The molecule has 1 aliphatic heterocycles. The molecule has 1 unspecified atom stereocenters.